The molecule has 1 aliphatic rings. The molecule has 0 bridgehead atoms. The van der Waals surface area contributed by atoms with Gasteiger partial charge in [0.1, 0.15) is 22.5 Å². The number of nitrogens with zero attached hydrogens (tertiary/aromatic N) is 4. The number of piperidine rings is 1. The Morgan fingerprint density at radius 1 is 1.17 bits per heavy atom. The van der Waals surface area contributed by atoms with Crippen LogP contribution in [0.3, 0.4) is 0 Å². The number of fused-ring (bicyclic) bond motifs is 3. The molecule has 4 aromatic rings. The minimum absolute atomic E-state index is 0.0566. The second-order valence-corrected chi connectivity index (χ2v) is 12.3. The zero-order valence-corrected chi connectivity index (χ0v) is 21.9. The van der Waals surface area contributed by atoms with Crippen molar-refractivity contribution in [3.63, 3.8) is 0 Å². The molecular weight excluding hydrogens is 482 g/mol. The fraction of sp³-hybridized carbons (Fsp3) is 0.440. The molecule has 0 radical (unpaired) electrons. The Morgan fingerprint density at radius 3 is 2.60 bits per heavy atom. The van der Waals surface area contributed by atoms with Gasteiger partial charge in [0.25, 0.3) is 0 Å². The van der Waals surface area contributed by atoms with E-state index in [0.29, 0.717) is 29.0 Å². The number of thioether (sulfide) groups is 1. The van der Waals surface area contributed by atoms with Crippen LogP contribution in [-0.2, 0) is 16.3 Å². The average molecular weight is 514 g/mol. The van der Waals surface area contributed by atoms with Gasteiger partial charge in [-0.2, -0.15) is 11.8 Å². The average Bonchev–Trinajstić information content (AvgIpc) is 3.44. The molecule has 0 saturated carbocycles. The maximum Gasteiger partial charge on any atom is 0.226 e. The summed E-state index contributed by atoms with van der Waals surface area (Å²) >= 11 is 1.88. The largest absolute Gasteiger partial charge is 0.396 e. The minimum Gasteiger partial charge on any atom is -0.396 e. The molecule has 0 unspecified atom stereocenters. The number of imidazole rings is 1. The van der Waals surface area contributed by atoms with Gasteiger partial charge in [0, 0.05) is 31.1 Å². The molecular formula is C25H31N5O3S2. The number of rotatable bonds is 7. The summed E-state index contributed by atoms with van der Waals surface area (Å²) in [7, 11) is -3.93. The monoisotopic (exact) mass is 513 g/mol. The number of nitrogens with one attached hydrogen (secondary N) is 1. The second-order valence-electron chi connectivity index (χ2n) is 9.63. The summed E-state index contributed by atoms with van der Waals surface area (Å²) in [4.78, 5) is 12.7. The molecule has 0 atom stereocenters. The van der Waals surface area contributed by atoms with Crippen LogP contribution < -0.4 is 5.01 Å². The minimum atomic E-state index is -3.93. The van der Waals surface area contributed by atoms with Crippen molar-refractivity contribution in [2.45, 2.75) is 43.0 Å². The SMILES string of the molecule is CSCC1(C)CCN(n2c(CCO)nc3c(S(=O)(=O)c4ccccc4C)nc4[nH]ccc4c32)CC1. The zero-order valence-electron chi connectivity index (χ0n) is 20.3. The van der Waals surface area contributed by atoms with Gasteiger partial charge in [0.05, 0.1) is 11.5 Å². The van der Waals surface area contributed by atoms with Gasteiger partial charge in [-0.3, -0.25) is 0 Å². The predicted molar refractivity (Wildman–Crippen MR) is 140 cm³/mol. The van der Waals surface area contributed by atoms with Crippen LogP contribution in [0.1, 0.15) is 31.2 Å². The van der Waals surface area contributed by atoms with Crippen LogP contribution in [-0.4, -0.2) is 64.9 Å². The summed E-state index contributed by atoms with van der Waals surface area (Å²) in [6.45, 7) is 5.70. The second kappa shape index (κ2) is 9.15. The number of aliphatic hydroxyl groups is 1. The number of sulfone groups is 1. The van der Waals surface area contributed by atoms with Crippen LogP contribution in [0.15, 0.2) is 46.5 Å². The Balaban J connectivity index is 1.73. The van der Waals surface area contributed by atoms with E-state index in [-0.39, 0.29) is 21.9 Å². The fourth-order valence-electron chi connectivity index (χ4n) is 5.09. The molecule has 0 spiro atoms. The maximum absolute atomic E-state index is 13.9. The van der Waals surface area contributed by atoms with Crippen molar-refractivity contribution in [1.82, 2.24) is 19.6 Å². The molecule has 4 heterocycles. The molecule has 3 aromatic heterocycles. The highest BCUT2D eigenvalue weighted by Gasteiger charge is 2.34. The van der Waals surface area contributed by atoms with Crippen LogP contribution in [0.25, 0.3) is 22.1 Å². The molecule has 1 aliphatic heterocycles. The first-order valence-corrected chi connectivity index (χ1v) is 14.7. The number of aryl methyl sites for hydroxylation is 1. The van der Waals surface area contributed by atoms with E-state index in [1.807, 2.05) is 28.6 Å². The smallest absolute Gasteiger partial charge is 0.226 e. The quantitative estimate of drug-likeness (QED) is 0.388. The molecule has 8 nitrogen and oxygen atoms in total. The van der Waals surface area contributed by atoms with Gasteiger partial charge >= 0.3 is 0 Å². The molecule has 1 aromatic carbocycles. The molecule has 5 rings (SSSR count). The van der Waals surface area contributed by atoms with E-state index in [2.05, 4.69) is 28.2 Å². The molecule has 186 valence electrons. The number of hydrogen-bond acceptors (Lipinski definition) is 7. The summed E-state index contributed by atoms with van der Waals surface area (Å²) in [6.07, 6.45) is 6.30. The first-order chi connectivity index (χ1) is 16.8. The van der Waals surface area contributed by atoms with E-state index >= 15 is 0 Å². The highest BCUT2D eigenvalue weighted by Crippen LogP contribution is 2.37. The summed E-state index contributed by atoms with van der Waals surface area (Å²) < 4.78 is 29.8. The molecule has 2 N–H and O–H groups in total. The Hall–Kier alpha value is -2.56. The number of benzene rings is 1. The van der Waals surface area contributed by atoms with E-state index in [4.69, 9.17) is 4.98 Å². The fourth-order valence-corrected chi connectivity index (χ4v) is 7.64. The number of aromatic nitrogens is 4. The Labute approximate surface area is 209 Å². The topological polar surface area (TPSA) is 104 Å². The summed E-state index contributed by atoms with van der Waals surface area (Å²) in [6, 6.07) is 8.85. The number of hydrogen-bond donors (Lipinski definition) is 2. The lowest BCUT2D eigenvalue weighted by Crippen LogP contribution is -2.46. The lowest BCUT2D eigenvalue weighted by Gasteiger charge is -2.41. The molecule has 35 heavy (non-hydrogen) atoms. The van der Waals surface area contributed by atoms with Gasteiger partial charge in [-0.25, -0.2) is 23.1 Å². The van der Waals surface area contributed by atoms with Gasteiger partial charge in [0.2, 0.25) is 9.84 Å². The number of pyridine rings is 1. The van der Waals surface area contributed by atoms with E-state index in [1.54, 1.807) is 31.3 Å². The van der Waals surface area contributed by atoms with E-state index in [1.165, 1.54) is 0 Å². The van der Waals surface area contributed by atoms with Crippen molar-refractivity contribution >= 4 is 43.7 Å². The third-order valence-electron chi connectivity index (χ3n) is 7.01. The van der Waals surface area contributed by atoms with Crippen LogP contribution in [0.5, 0.6) is 0 Å². The number of aromatic amines is 1. The van der Waals surface area contributed by atoms with Crippen molar-refractivity contribution in [3.8, 4) is 0 Å². The van der Waals surface area contributed by atoms with Gasteiger partial charge < -0.3 is 15.1 Å². The predicted octanol–water partition coefficient (Wildman–Crippen LogP) is 3.69. The molecule has 1 fully saturated rings. The van der Waals surface area contributed by atoms with Crippen LogP contribution in [0, 0.1) is 12.3 Å². The normalized spacial score (nSPS) is 16.4. The Kier molecular flexibility index (Phi) is 6.31. The lowest BCUT2D eigenvalue weighted by atomic mass is 9.83. The van der Waals surface area contributed by atoms with Crippen molar-refractivity contribution in [2.24, 2.45) is 5.41 Å². The zero-order chi connectivity index (χ0) is 24.8. The third kappa shape index (κ3) is 4.11. The highest BCUT2D eigenvalue weighted by molar-refractivity contribution is 7.98. The third-order valence-corrected chi connectivity index (χ3v) is 9.83. The molecule has 1 saturated heterocycles. The van der Waals surface area contributed by atoms with Gasteiger partial charge in [-0.15, -0.1) is 0 Å². The summed E-state index contributed by atoms with van der Waals surface area (Å²) in [5.74, 6) is 1.76. The van der Waals surface area contributed by atoms with Crippen molar-refractivity contribution in [1.29, 1.82) is 0 Å². The van der Waals surface area contributed by atoms with E-state index in [0.717, 1.165) is 42.6 Å². The van der Waals surface area contributed by atoms with Crippen molar-refractivity contribution in [3.05, 3.63) is 47.9 Å². The summed E-state index contributed by atoms with van der Waals surface area (Å²) in [5.41, 5.74) is 2.51. The van der Waals surface area contributed by atoms with Crippen LogP contribution in [0.2, 0.25) is 0 Å². The molecule has 0 aliphatic carbocycles. The maximum atomic E-state index is 13.9. The molecule has 0 amide bonds. The van der Waals surface area contributed by atoms with Gasteiger partial charge in [0.15, 0.2) is 5.03 Å². The van der Waals surface area contributed by atoms with E-state index in [9.17, 15) is 13.5 Å². The van der Waals surface area contributed by atoms with Crippen molar-refractivity contribution < 1.29 is 13.5 Å². The van der Waals surface area contributed by atoms with Crippen molar-refractivity contribution in [2.75, 3.05) is 36.7 Å². The van der Waals surface area contributed by atoms with E-state index < -0.39 is 9.84 Å². The van der Waals surface area contributed by atoms with Crippen LogP contribution >= 0.6 is 11.8 Å². The highest BCUT2D eigenvalue weighted by atomic mass is 32.2. The number of aliphatic hydroxyl groups excluding tert-OH is 1. The van der Waals surface area contributed by atoms with Crippen LogP contribution in [0.4, 0.5) is 0 Å². The number of H-pyrrole nitrogens is 1. The van der Waals surface area contributed by atoms with Gasteiger partial charge in [-0.05, 0) is 54.9 Å². The Bertz CT molecular complexity index is 1480. The first kappa shape index (κ1) is 24.1. The molecule has 10 heteroatoms. The standard InChI is InChI=1S/C25H31N5O3S2/c1-17-6-4-5-7-19(17)35(32,33)24-21-22(18-8-12-26-23(18)28-24)30(20(27-21)9-15-31)29-13-10-25(2,11-14-29)16-34-3/h4-8,12,31H,9-11,13-16H2,1-3H3,(H,26,28). The summed E-state index contributed by atoms with van der Waals surface area (Å²) in [5, 5.41) is 12.8. The lowest BCUT2D eigenvalue weighted by molar-refractivity contribution is 0.260. The Morgan fingerprint density at radius 2 is 1.91 bits per heavy atom. The van der Waals surface area contributed by atoms with Gasteiger partial charge in [-0.1, -0.05) is 25.1 Å². The first-order valence-electron chi connectivity index (χ1n) is 11.8.